The standard InChI is InChI=1S/C30H35FN4O7/c1-33(14-22(38)15-5-8-20(36)21(37)10-15)25-23-26(35(17-6-7-17)12-18(28(23)39)30(40)41)29(42-2)27(24(25)31)34-11-16-4-3-9-32-19(16)13-34/h5,8,10,12,16-17,19,22,32,36-38H,3-4,6-7,9,11,13-14H2,1-2H3,(H,40,41)/t16-,19+,22?/m0/s1. The van der Waals surface area contributed by atoms with Crippen LogP contribution in [-0.4, -0.2) is 77.3 Å². The van der Waals surface area contributed by atoms with Crippen LogP contribution >= 0.6 is 0 Å². The van der Waals surface area contributed by atoms with E-state index in [1.165, 1.54) is 43.5 Å². The summed E-state index contributed by atoms with van der Waals surface area (Å²) < 4.78 is 24.6. The average molecular weight is 583 g/mol. The van der Waals surface area contributed by atoms with Gasteiger partial charge in [-0.1, -0.05) is 6.07 Å². The van der Waals surface area contributed by atoms with Crippen LogP contribution in [0.5, 0.6) is 17.2 Å². The smallest absolute Gasteiger partial charge is 0.341 e. The van der Waals surface area contributed by atoms with Gasteiger partial charge in [-0.05, 0) is 55.8 Å². The topological polar surface area (TPSA) is 148 Å². The maximum atomic E-state index is 17.0. The van der Waals surface area contributed by atoms with Gasteiger partial charge in [-0.3, -0.25) is 4.79 Å². The van der Waals surface area contributed by atoms with E-state index in [4.69, 9.17) is 4.74 Å². The lowest BCUT2D eigenvalue weighted by Crippen LogP contribution is -2.40. The number of ether oxygens (including phenoxy) is 1. The Bertz CT molecular complexity index is 1610. The molecular weight excluding hydrogens is 547 g/mol. The van der Waals surface area contributed by atoms with Crippen molar-refractivity contribution in [3.05, 3.63) is 51.6 Å². The molecule has 224 valence electrons. The number of nitrogens with zero attached hydrogens (tertiary/aromatic N) is 3. The minimum Gasteiger partial charge on any atom is -0.504 e. The molecule has 1 saturated carbocycles. The molecule has 0 bridgehead atoms. The number of rotatable bonds is 8. The van der Waals surface area contributed by atoms with Crippen molar-refractivity contribution in [3.8, 4) is 17.2 Å². The third-order valence-corrected chi connectivity index (χ3v) is 8.82. The van der Waals surface area contributed by atoms with Crippen LogP contribution in [0, 0.1) is 11.7 Å². The second-order valence-corrected chi connectivity index (χ2v) is 11.6. The lowest BCUT2D eigenvalue weighted by atomic mass is 9.94. The van der Waals surface area contributed by atoms with Crippen molar-refractivity contribution < 1.29 is 34.3 Å². The monoisotopic (exact) mass is 582 g/mol. The van der Waals surface area contributed by atoms with Crippen molar-refractivity contribution in [3.63, 3.8) is 0 Å². The van der Waals surface area contributed by atoms with Gasteiger partial charge < -0.3 is 44.8 Å². The fourth-order valence-electron chi connectivity index (χ4n) is 6.58. The highest BCUT2D eigenvalue weighted by Gasteiger charge is 2.40. The zero-order valence-electron chi connectivity index (χ0n) is 23.5. The molecule has 0 radical (unpaired) electrons. The highest BCUT2D eigenvalue weighted by Crippen LogP contribution is 2.49. The van der Waals surface area contributed by atoms with Crippen LogP contribution in [0.4, 0.5) is 15.8 Å². The highest BCUT2D eigenvalue weighted by molar-refractivity contribution is 6.04. The first-order valence-electron chi connectivity index (χ1n) is 14.2. The number of hydrogen-bond donors (Lipinski definition) is 5. The number of carboxylic acid groups (broad SMARTS) is 1. The zero-order chi connectivity index (χ0) is 29.9. The first-order chi connectivity index (χ1) is 20.1. The Kier molecular flexibility index (Phi) is 7.14. The number of aliphatic hydroxyl groups excluding tert-OH is 1. The summed E-state index contributed by atoms with van der Waals surface area (Å²) in [7, 11) is 2.95. The Balaban J connectivity index is 1.57. The fourth-order valence-corrected chi connectivity index (χ4v) is 6.58. The summed E-state index contributed by atoms with van der Waals surface area (Å²) >= 11 is 0. The number of benzene rings is 2. The van der Waals surface area contributed by atoms with E-state index in [0.29, 0.717) is 24.5 Å². The van der Waals surface area contributed by atoms with Gasteiger partial charge in [0.05, 0.1) is 29.8 Å². The number of anilines is 2. The molecule has 2 aliphatic heterocycles. The van der Waals surface area contributed by atoms with E-state index in [1.54, 1.807) is 4.57 Å². The van der Waals surface area contributed by atoms with Gasteiger partial charge >= 0.3 is 5.97 Å². The van der Waals surface area contributed by atoms with Crippen LogP contribution < -0.4 is 25.3 Å². The normalized spacial score (nSPS) is 20.9. The Labute approximate surface area is 241 Å². The first kappa shape index (κ1) is 28.1. The molecule has 1 unspecified atom stereocenters. The molecule has 3 atom stereocenters. The van der Waals surface area contributed by atoms with E-state index in [2.05, 4.69) is 5.32 Å². The summed E-state index contributed by atoms with van der Waals surface area (Å²) in [5.41, 5.74) is -0.642. The summed E-state index contributed by atoms with van der Waals surface area (Å²) in [6.45, 7) is 1.83. The summed E-state index contributed by atoms with van der Waals surface area (Å²) in [5.74, 6) is -2.41. The molecule has 2 saturated heterocycles. The number of methoxy groups -OCH3 is 1. The number of phenols is 2. The van der Waals surface area contributed by atoms with Gasteiger partial charge in [-0.15, -0.1) is 0 Å². The van der Waals surface area contributed by atoms with Gasteiger partial charge in [0.1, 0.15) is 11.3 Å². The van der Waals surface area contributed by atoms with Gasteiger partial charge in [0.25, 0.3) is 0 Å². The Morgan fingerprint density at radius 3 is 2.62 bits per heavy atom. The molecule has 1 aromatic heterocycles. The summed E-state index contributed by atoms with van der Waals surface area (Å²) in [6, 6.07) is 4.00. The van der Waals surface area contributed by atoms with E-state index < -0.39 is 34.6 Å². The van der Waals surface area contributed by atoms with Crippen LogP contribution in [-0.2, 0) is 0 Å². The molecule has 2 aromatic carbocycles. The molecule has 3 aliphatic rings. The van der Waals surface area contributed by atoms with Crippen molar-refractivity contribution in [2.24, 2.45) is 5.92 Å². The maximum Gasteiger partial charge on any atom is 0.341 e. The predicted octanol–water partition coefficient (Wildman–Crippen LogP) is 2.95. The summed E-state index contributed by atoms with van der Waals surface area (Å²) in [4.78, 5) is 29.3. The zero-order valence-corrected chi connectivity index (χ0v) is 23.5. The van der Waals surface area contributed by atoms with Gasteiger partial charge in [0.2, 0.25) is 5.43 Å². The number of hydrogen-bond acceptors (Lipinski definition) is 9. The molecule has 3 heterocycles. The molecule has 3 fully saturated rings. The number of aliphatic hydroxyl groups is 1. The average Bonchev–Trinajstić information content (AvgIpc) is 3.71. The van der Waals surface area contributed by atoms with Gasteiger partial charge in [0, 0.05) is 45.0 Å². The van der Waals surface area contributed by atoms with E-state index in [9.17, 15) is 30.0 Å². The molecule has 3 aromatic rings. The fraction of sp³-hybridized carbons (Fsp3) is 0.467. The van der Waals surface area contributed by atoms with Crippen LogP contribution in [0.2, 0.25) is 0 Å². The second kappa shape index (κ2) is 10.7. The number of carbonyl (C=O) groups is 1. The van der Waals surface area contributed by atoms with Crippen LogP contribution in [0.3, 0.4) is 0 Å². The molecule has 12 heteroatoms. The number of aromatic hydroxyl groups is 2. The number of likely N-dealkylation sites (N-methyl/N-ethyl adjacent to an activating group) is 1. The number of piperidine rings is 1. The molecule has 0 spiro atoms. The van der Waals surface area contributed by atoms with Crippen LogP contribution in [0.15, 0.2) is 29.2 Å². The Morgan fingerprint density at radius 2 is 1.98 bits per heavy atom. The number of nitrogens with one attached hydrogen (secondary N) is 1. The molecular formula is C30H35FN4O7. The Morgan fingerprint density at radius 1 is 1.21 bits per heavy atom. The molecule has 0 amide bonds. The molecule has 5 N–H and O–H groups in total. The van der Waals surface area contributed by atoms with E-state index in [-0.39, 0.29) is 52.5 Å². The van der Waals surface area contributed by atoms with Gasteiger partial charge in [-0.2, -0.15) is 0 Å². The SMILES string of the molecule is COc1c(N2C[C@@H]3CCCN[C@@H]3C2)c(F)c(N(C)CC(O)c2ccc(O)c(O)c2)c2c(=O)c(C(=O)O)cn(C3CC3)c12. The molecule has 6 rings (SSSR count). The number of aromatic nitrogens is 1. The minimum atomic E-state index is -1.41. The van der Waals surface area contributed by atoms with E-state index >= 15 is 4.39 Å². The predicted molar refractivity (Wildman–Crippen MR) is 155 cm³/mol. The number of halogens is 1. The maximum absolute atomic E-state index is 17.0. The van der Waals surface area contributed by atoms with Crippen molar-refractivity contribution in [2.75, 3.05) is 50.1 Å². The van der Waals surface area contributed by atoms with E-state index in [0.717, 1.165) is 32.2 Å². The minimum absolute atomic E-state index is 0.0649. The number of fused-ring (bicyclic) bond motifs is 2. The number of carboxylic acids is 1. The first-order valence-corrected chi connectivity index (χ1v) is 14.2. The van der Waals surface area contributed by atoms with Crippen molar-refractivity contribution in [1.29, 1.82) is 0 Å². The van der Waals surface area contributed by atoms with Gasteiger partial charge in [0.15, 0.2) is 23.1 Å². The molecule has 1 aliphatic carbocycles. The third-order valence-electron chi connectivity index (χ3n) is 8.82. The van der Waals surface area contributed by atoms with Crippen molar-refractivity contribution in [2.45, 2.75) is 43.9 Å². The summed E-state index contributed by atoms with van der Waals surface area (Å²) in [5, 5.41) is 44.0. The summed E-state index contributed by atoms with van der Waals surface area (Å²) in [6.07, 6.45) is 3.69. The second-order valence-electron chi connectivity index (χ2n) is 11.6. The highest BCUT2D eigenvalue weighted by atomic mass is 19.1. The largest absolute Gasteiger partial charge is 0.504 e. The van der Waals surface area contributed by atoms with Crippen LogP contribution in [0.1, 0.15) is 53.8 Å². The lowest BCUT2D eigenvalue weighted by Gasteiger charge is -2.30. The lowest BCUT2D eigenvalue weighted by molar-refractivity contribution is 0.0694. The van der Waals surface area contributed by atoms with Gasteiger partial charge in [-0.25, -0.2) is 9.18 Å². The van der Waals surface area contributed by atoms with Crippen molar-refractivity contribution in [1.82, 2.24) is 9.88 Å². The third kappa shape index (κ3) is 4.68. The molecule has 42 heavy (non-hydrogen) atoms. The number of aromatic carboxylic acids is 1. The molecule has 11 nitrogen and oxygen atoms in total. The van der Waals surface area contributed by atoms with Crippen molar-refractivity contribution >= 4 is 28.2 Å². The Hall–Kier alpha value is -4.03. The quantitative estimate of drug-likeness (QED) is 0.251. The number of phenolic OH excluding ortho intramolecular Hbond substituents is 2. The number of pyridine rings is 1. The van der Waals surface area contributed by atoms with Crippen LogP contribution in [0.25, 0.3) is 10.9 Å². The van der Waals surface area contributed by atoms with E-state index in [1.807, 2.05) is 4.90 Å².